The van der Waals surface area contributed by atoms with Gasteiger partial charge in [0, 0.05) is 55.4 Å². The van der Waals surface area contributed by atoms with Crippen LogP contribution >= 0.6 is 11.3 Å². The highest BCUT2D eigenvalue weighted by molar-refractivity contribution is 7.13. The third kappa shape index (κ3) is 2.48. The number of nitrogens with one attached hydrogen (secondary N) is 2. The van der Waals surface area contributed by atoms with Gasteiger partial charge >= 0.3 is 0 Å². The van der Waals surface area contributed by atoms with Crippen LogP contribution in [0.2, 0.25) is 0 Å². The molecular formula is C13H18N4S. The van der Waals surface area contributed by atoms with Crippen molar-refractivity contribution in [3.8, 4) is 10.6 Å². The second kappa shape index (κ2) is 5.22. The summed E-state index contributed by atoms with van der Waals surface area (Å²) in [6.07, 6.45) is 4.97. The van der Waals surface area contributed by atoms with E-state index in [1.54, 1.807) is 11.3 Å². The topological polar surface area (TPSA) is 44.0 Å². The van der Waals surface area contributed by atoms with Crippen LogP contribution in [0.3, 0.4) is 0 Å². The van der Waals surface area contributed by atoms with Gasteiger partial charge in [-0.05, 0) is 13.1 Å². The van der Waals surface area contributed by atoms with Gasteiger partial charge in [0.15, 0.2) is 0 Å². The van der Waals surface area contributed by atoms with Crippen molar-refractivity contribution in [1.82, 2.24) is 20.2 Å². The molecule has 0 bridgehead atoms. The molecule has 1 unspecified atom stereocenters. The van der Waals surface area contributed by atoms with Crippen LogP contribution in [0.15, 0.2) is 23.8 Å². The molecule has 0 saturated carbocycles. The van der Waals surface area contributed by atoms with Crippen LogP contribution in [0, 0.1) is 0 Å². The molecule has 3 rings (SSSR count). The third-order valence-electron chi connectivity index (χ3n) is 3.49. The number of nitrogens with zero attached hydrogens (tertiary/aromatic N) is 2. The molecule has 1 fully saturated rings. The maximum Gasteiger partial charge on any atom is 0.125 e. The SMILES string of the molecule is CN1CCNCC1Cc1csc(-c2cc[nH]c2)n1. The molecule has 0 aliphatic carbocycles. The summed E-state index contributed by atoms with van der Waals surface area (Å²) < 4.78 is 0. The van der Waals surface area contributed by atoms with Crippen LogP contribution in [-0.4, -0.2) is 47.6 Å². The van der Waals surface area contributed by atoms with Crippen LogP contribution in [0.5, 0.6) is 0 Å². The number of aromatic amines is 1. The van der Waals surface area contributed by atoms with Gasteiger partial charge in [0.05, 0.1) is 5.69 Å². The summed E-state index contributed by atoms with van der Waals surface area (Å²) in [6.45, 7) is 3.28. The van der Waals surface area contributed by atoms with Gasteiger partial charge in [0.25, 0.3) is 0 Å². The summed E-state index contributed by atoms with van der Waals surface area (Å²) in [6, 6.07) is 2.64. The summed E-state index contributed by atoms with van der Waals surface area (Å²) in [4.78, 5) is 10.2. The standard InChI is InChI=1S/C13H18N4S/c1-17-5-4-15-8-12(17)6-11-9-18-13(16-11)10-2-3-14-7-10/h2-3,7,9,12,14-15H,4-6,8H2,1H3. The lowest BCUT2D eigenvalue weighted by Crippen LogP contribution is -2.50. The van der Waals surface area contributed by atoms with Gasteiger partial charge in [-0.3, -0.25) is 0 Å². The molecule has 0 aromatic carbocycles. The molecule has 4 nitrogen and oxygen atoms in total. The molecule has 96 valence electrons. The molecule has 2 N–H and O–H groups in total. The number of thiazole rings is 1. The number of hydrogen-bond donors (Lipinski definition) is 2. The Bertz CT molecular complexity index is 491. The van der Waals surface area contributed by atoms with Crippen molar-refractivity contribution in [2.24, 2.45) is 0 Å². The molecule has 1 atom stereocenters. The lowest BCUT2D eigenvalue weighted by atomic mass is 10.1. The van der Waals surface area contributed by atoms with Gasteiger partial charge < -0.3 is 15.2 Å². The van der Waals surface area contributed by atoms with Crippen molar-refractivity contribution in [2.45, 2.75) is 12.5 Å². The first-order valence-electron chi connectivity index (χ1n) is 6.31. The second-order valence-electron chi connectivity index (χ2n) is 4.79. The van der Waals surface area contributed by atoms with Crippen molar-refractivity contribution in [3.05, 3.63) is 29.5 Å². The number of H-pyrrole nitrogens is 1. The van der Waals surface area contributed by atoms with Crippen molar-refractivity contribution >= 4 is 11.3 Å². The second-order valence-corrected chi connectivity index (χ2v) is 5.64. The summed E-state index contributed by atoms with van der Waals surface area (Å²) in [5.74, 6) is 0. The minimum Gasteiger partial charge on any atom is -0.367 e. The van der Waals surface area contributed by atoms with E-state index in [9.17, 15) is 0 Å². The summed E-state index contributed by atoms with van der Waals surface area (Å²) in [5, 5.41) is 6.74. The van der Waals surface area contributed by atoms with Crippen LogP contribution in [0.1, 0.15) is 5.69 Å². The Morgan fingerprint density at radius 2 is 2.50 bits per heavy atom. The molecule has 18 heavy (non-hydrogen) atoms. The first kappa shape index (κ1) is 11.9. The Morgan fingerprint density at radius 1 is 1.56 bits per heavy atom. The summed E-state index contributed by atoms with van der Waals surface area (Å²) in [7, 11) is 2.20. The zero-order valence-corrected chi connectivity index (χ0v) is 11.3. The maximum absolute atomic E-state index is 4.73. The first-order valence-corrected chi connectivity index (χ1v) is 7.19. The predicted molar refractivity (Wildman–Crippen MR) is 74.9 cm³/mol. The van der Waals surface area contributed by atoms with Gasteiger partial charge in [0.2, 0.25) is 0 Å². The lowest BCUT2D eigenvalue weighted by molar-refractivity contribution is 0.198. The van der Waals surface area contributed by atoms with Crippen molar-refractivity contribution in [1.29, 1.82) is 0 Å². The molecule has 1 aliphatic rings. The van der Waals surface area contributed by atoms with Crippen molar-refractivity contribution < 1.29 is 0 Å². The normalized spacial score (nSPS) is 21.3. The smallest absolute Gasteiger partial charge is 0.125 e. The summed E-state index contributed by atoms with van der Waals surface area (Å²) in [5.41, 5.74) is 2.39. The van der Waals surface area contributed by atoms with E-state index in [1.807, 2.05) is 12.4 Å². The summed E-state index contributed by atoms with van der Waals surface area (Å²) >= 11 is 1.73. The van der Waals surface area contributed by atoms with Gasteiger partial charge in [-0.25, -0.2) is 4.98 Å². The average molecular weight is 262 g/mol. The fourth-order valence-electron chi connectivity index (χ4n) is 2.32. The first-order chi connectivity index (χ1) is 8.83. The van der Waals surface area contributed by atoms with E-state index >= 15 is 0 Å². The predicted octanol–water partition coefficient (Wildman–Crippen LogP) is 1.58. The Labute approximate surface area is 111 Å². The minimum absolute atomic E-state index is 0.569. The number of aromatic nitrogens is 2. The van der Waals surface area contributed by atoms with E-state index in [0.717, 1.165) is 31.1 Å². The van der Waals surface area contributed by atoms with Crippen molar-refractivity contribution in [2.75, 3.05) is 26.7 Å². The molecule has 1 saturated heterocycles. The molecular weight excluding hydrogens is 244 g/mol. The van der Waals surface area contributed by atoms with E-state index in [2.05, 4.69) is 33.7 Å². The maximum atomic E-state index is 4.73. The molecule has 0 spiro atoms. The average Bonchev–Trinajstić information content (AvgIpc) is 3.02. The molecule has 0 amide bonds. The largest absolute Gasteiger partial charge is 0.367 e. The van der Waals surface area contributed by atoms with Gasteiger partial charge in [-0.15, -0.1) is 11.3 Å². The van der Waals surface area contributed by atoms with Crippen LogP contribution in [0.4, 0.5) is 0 Å². The highest BCUT2D eigenvalue weighted by Gasteiger charge is 2.20. The quantitative estimate of drug-likeness (QED) is 0.883. The molecule has 3 heterocycles. The Kier molecular flexibility index (Phi) is 3.45. The third-order valence-corrected chi connectivity index (χ3v) is 4.43. The zero-order chi connectivity index (χ0) is 12.4. The number of rotatable bonds is 3. The van der Waals surface area contributed by atoms with E-state index in [0.29, 0.717) is 6.04 Å². The zero-order valence-electron chi connectivity index (χ0n) is 10.5. The Morgan fingerprint density at radius 3 is 3.28 bits per heavy atom. The fraction of sp³-hybridized carbons (Fsp3) is 0.462. The van der Waals surface area contributed by atoms with Crippen molar-refractivity contribution in [3.63, 3.8) is 0 Å². The van der Waals surface area contributed by atoms with Gasteiger partial charge in [-0.2, -0.15) is 0 Å². The Balaban J connectivity index is 1.70. The monoisotopic (exact) mass is 262 g/mol. The number of hydrogen-bond acceptors (Lipinski definition) is 4. The van der Waals surface area contributed by atoms with E-state index < -0.39 is 0 Å². The highest BCUT2D eigenvalue weighted by atomic mass is 32.1. The van der Waals surface area contributed by atoms with E-state index in [1.165, 1.54) is 11.3 Å². The molecule has 0 radical (unpaired) electrons. The van der Waals surface area contributed by atoms with Crippen LogP contribution in [0.25, 0.3) is 10.6 Å². The molecule has 1 aliphatic heterocycles. The Hall–Kier alpha value is -1.17. The molecule has 5 heteroatoms. The van der Waals surface area contributed by atoms with E-state index in [-0.39, 0.29) is 0 Å². The van der Waals surface area contributed by atoms with Crippen LogP contribution in [-0.2, 0) is 6.42 Å². The minimum atomic E-state index is 0.569. The van der Waals surface area contributed by atoms with Gasteiger partial charge in [0.1, 0.15) is 5.01 Å². The molecule has 2 aromatic heterocycles. The highest BCUT2D eigenvalue weighted by Crippen LogP contribution is 2.24. The lowest BCUT2D eigenvalue weighted by Gasteiger charge is -2.32. The number of piperazine rings is 1. The van der Waals surface area contributed by atoms with E-state index in [4.69, 9.17) is 4.98 Å². The fourth-order valence-corrected chi connectivity index (χ4v) is 3.15. The molecule has 2 aromatic rings. The van der Waals surface area contributed by atoms with Gasteiger partial charge in [-0.1, -0.05) is 0 Å². The van der Waals surface area contributed by atoms with Crippen LogP contribution < -0.4 is 5.32 Å². The number of likely N-dealkylation sites (N-methyl/N-ethyl adjacent to an activating group) is 1.